The number of halogens is 1. The topological polar surface area (TPSA) is 0 Å². The predicted molar refractivity (Wildman–Crippen MR) is 97.5 cm³/mol. The van der Waals surface area contributed by atoms with E-state index in [-0.39, 0.29) is 101 Å². The summed E-state index contributed by atoms with van der Waals surface area (Å²) in [6.45, 7) is 16.2. The second kappa shape index (κ2) is 837. The molecule has 0 saturated heterocycles. The van der Waals surface area contributed by atoms with Crippen LogP contribution >= 0.6 is 0 Å². The minimum atomic E-state index is 0. The second-order valence-corrected chi connectivity index (χ2v) is 0.707. The zero-order valence-corrected chi connectivity index (χ0v) is 13.8. The van der Waals surface area contributed by atoms with Crippen LogP contribution in [-0.2, 0) is 0 Å². The second-order valence-electron chi connectivity index (χ2n) is 0.707. The van der Waals surface area contributed by atoms with E-state index in [2.05, 4.69) is 22.2 Å². The van der Waals surface area contributed by atoms with E-state index in [9.17, 15) is 0 Å². The summed E-state index contributed by atoms with van der Waals surface area (Å²) in [6.07, 6.45) is 1.25. The van der Waals surface area contributed by atoms with Gasteiger partial charge in [-0.15, -0.1) is 0 Å². The third-order valence-corrected chi connectivity index (χ3v) is 0. The number of hydrogen-bond donors (Lipinski definition) is 0. The van der Waals surface area contributed by atoms with Gasteiger partial charge in [-0.1, -0.05) is 106 Å². The van der Waals surface area contributed by atoms with Gasteiger partial charge in [-0.3, -0.25) is 0 Å². The molecule has 0 atom stereocenters. The maximum Gasteiger partial charge on any atom is 1.00 e. The molecule has 0 spiro atoms. The fraction of sp³-hybridized carbons (Fsp3) is 1.00. The molecule has 0 aliphatic rings. The van der Waals surface area contributed by atoms with Gasteiger partial charge >= 0.3 is 51.4 Å². The average molecular weight is 301 g/mol. The Morgan fingerprint density at radius 3 is 0.611 bits per heavy atom. The summed E-state index contributed by atoms with van der Waals surface area (Å²) in [5.41, 5.74) is 0. The van der Waals surface area contributed by atoms with Crippen molar-refractivity contribution < 1.29 is 56.1 Å². The summed E-state index contributed by atoms with van der Waals surface area (Å²) in [5.74, 6) is 0. The van der Waals surface area contributed by atoms with Gasteiger partial charge in [0.15, 0.2) is 0 Å². The third kappa shape index (κ3) is 1830. The van der Waals surface area contributed by atoms with Crippen molar-refractivity contribution in [2.24, 2.45) is 0 Å². The van der Waals surface area contributed by atoms with Gasteiger partial charge in [-0.25, -0.2) is 0 Å². The average Bonchev–Trinajstić information content (AvgIpc) is 2.18. The molecule has 0 saturated carbocycles. The van der Waals surface area contributed by atoms with Gasteiger partial charge in [0.1, 0.15) is 0 Å². The molecule has 0 aromatic rings. The van der Waals surface area contributed by atoms with Crippen LogP contribution < -0.4 is 56.1 Å². The van der Waals surface area contributed by atoms with Crippen LogP contribution in [0.1, 0.15) is 106 Å². The Morgan fingerprint density at radius 1 is 0.611 bits per heavy atom. The van der Waals surface area contributed by atoms with Gasteiger partial charge in [-0.05, 0) is 1.34 Å². The maximum atomic E-state index is 5.25. The quantitative estimate of drug-likeness (QED) is 0.597. The molecule has 18 heavy (non-hydrogen) atoms. The monoisotopic (exact) mass is 301 g/mol. The molecule has 0 nitrogen and oxygen atoms in total. The first-order valence-electron chi connectivity index (χ1n) is 4.99. The molecular weight excluding hydrogens is 249 g/mol. The molecule has 0 bridgehead atoms. The van der Waals surface area contributed by atoms with Gasteiger partial charge < -0.3 is 4.70 Å². The molecule has 0 unspecified atom stereocenters. The summed E-state index contributed by atoms with van der Waals surface area (Å²) < 4.78 is 5.25. The van der Waals surface area contributed by atoms with Crippen LogP contribution in [0.25, 0.3) is 0 Å². The molecule has 0 rings (SSSR count). The van der Waals surface area contributed by atoms with Crippen molar-refractivity contribution in [1.29, 1.82) is 1.34 Å². The Hall–Kier alpha value is 1.63. The molecular formula is C15H51BFK. The first kappa shape index (κ1) is 117. The summed E-state index contributed by atoms with van der Waals surface area (Å²) in [6, 6.07) is 0. The van der Waals surface area contributed by atoms with Crippen LogP contribution in [0.15, 0.2) is 0 Å². The van der Waals surface area contributed by atoms with Crippen molar-refractivity contribution in [3.8, 4) is 0 Å². The Kier molecular flexibility index (Phi) is 5440. The van der Waals surface area contributed by atoms with E-state index < -0.39 is 0 Å². The Morgan fingerprint density at radius 2 is 0.611 bits per heavy atom. The molecule has 122 valence electrons. The van der Waals surface area contributed by atoms with E-state index in [4.69, 9.17) is 1.34 Å². The Labute approximate surface area is 170 Å². The van der Waals surface area contributed by atoms with E-state index in [1.165, 1.54) is 6.42 Å². The van der Waals surface area contributed by atoms with Crippen LogP contribution in [0.4, 0.5) is 0 Å². The minimum absolute atomic E-state index is 0. The minimum Gasteiger partial charge on any atom is -1.00 e. The molecule has 2 radical (unpaired) electrons. The fourth-order valence-electron chi connectivity index (χ4n) is 0. The molecule has 3 heteroatoms. The van der Waals surface area contributed by atoms with Crippen LogP contribution in [0.2, 0.25) is 0 Å². The van der Waals surface area contributed by atoms with Crippen LogP contribution in [0, 0.1) is 0 Å². The smallest absolute Gasteiger partial charge is 1.00 e. The molecule has 0 heterocycles. The van der Waals surface area contributed by atoms with Gasteiger partial charge in [-0.2, -0.15) is 0 Å². The van der Waals surface area contributed by atoms with E-state index in [1.807, 2.05) is 41.5 Å². The van der Waals surface area contributed by atoms with Gasteiger partial charge in [0, 0.05) is 8.38 Å². The van der Waals surface area contributed by atoms with Crippen molar-refractivity contribution in [2.75, 3.05) is 0 Å². The van der Waals surface area contributed by atoms with Gasteiger partial charge in [0.25, 0.3) is 0 Å². The molecule has 0 N–H and O–H groups in total. The maximum absolute atomic E-state index is 5.25. The van der Waals surface area contributed by atoms with E-state index >= 15 is 0 Å². The SMILES string of the molecule is C.C.C.C.C.C.CC.CC.CC.CCC.[2H][B].[F-].[K+]. The van der Waals surface area contributed by atoms with E-state index in [1.54, 1.807) is 0 Å². The first-order valence-corrected chi connectivity index (χ1v) is 4.41. The van der Waals surface area contributed by atoms with Crippen LogP contribution in [-0.4, -0.2) is 9.71 Å². The molecule has 0 aromatic heterocycles. The van der Waals surface area contributed by atoms with Crippen molar-refractivity contribution in [3.63, 3.8) is 0 Å². The zero-order valence-electron chi connectivity index (χ0n) is 11.7. The first-order chi connectivity index (χ1) is 5.41. The van der Waals surface area contributed by atoms with Gasteiger partial charge in [0.2, 0.25) is 0 Å². The summed E-state index contributed by atoms with van der Waals surface area (Å²) >= 11 is 0. The molecule has 0 amide bonds. The Balaban J connectivity index is -0.00000000197. The normalized spacial score (nSPS) is 2.33. The molecule has 0 aliphatic heterocycles. The van der Waals surface area contributed by atoms with Crippen molar-refractivity contribution in [1.82, 2.24) is 0 Å². The van der Waals surface area contributed by atoms with E-state index in [0.717, 1.165) is 0 Å². The van der Waals surface area contributed by atoms with E-state index in [0.29, 0.717) is 0 Å². The van der Waals surface area contributed by atoms with Crippen LogP contribution in [0.3, 0.4) is 0 Å². The van der Waals surface area contributed by atoms with Crippen LogP contribution in [0.5, 0.6) is 0 Å². The standard InChI is InChI=1S/C3H8.3C2H6.6CH4.BH.FH.K/c1-3-2;3*1-2;;;;;;;;;/h3H2,1-2H3;3*1-2H3;6*1H4;2*1H;/q;;;;;;;;;;;;+1/p-1/i;;;;;;;;;;1D;;. The molecule has 0 fully saturated rings. The number of rotatable bonds is 0. The Bertz CT molecular complexity index is 22.1. The predicted octanol–water partition coefficient (Wildman–Crippen LogP) is 1.67. The summed E-state index contributed by atoms with van der Waals surface area (Å²) in [7, 11) is 3.75. The summed E-state index contributed by atoms with van der Waals surface area (Å²) in [4.78, 5) is 0. The van der Waals surface area contributed by atoms with Crippen molar-refractivity contribution >= 4 is 8.38 Å². The largest absolute Gasteiger partial charge is 1.00 e. The van der Waals surface area contributed by atoms with Crippen molar-refractivity contribution in [2.45, 2.75) is 106 Å². The summed E-state index contributed by atoms with van der Waals surface area (Å²) in [5, 5.41) is 0. The zero-order chi connectivity index (χ0) is 10.7. The van der Waals surface area contributed by atoms with Crippen molar-refractivity contribution in [3.05, 3.63) is 0 Å². The van der Waals surface area contributed by atoms with Gasteiger partial charge in [0.05, 0.1) is 0 Å². The number of hydrogen-bond acceptors (Lipinski definition) is 0. The fourth-order valence-corrected chi connectivity index (χ4v) is 0. The molecule has 0 aliphatic carbocycles. The third-order valence-electron chi connectivity index (χ3n) is 0. The molecule has 0 aromatic carbocycles.